The van der Waals surface area contributed by atoms with Crippen LogP contribution in [0.15, 0.2) is 40.1 Å². The Bertz CT molecular complexity index is 605. The van der Waals surface area contributed by atoms with E-state index < -0.39 is 0 Å². The topological polar surface area (TPSA) is 26.0 Å². The van der Waals surface area contributed by atoms with Crippen molar-refractivity contribution >= 4 is 88.7 Å². The number of benzene rings is 2. The van der Waals surface area contributed by atoms with E-state index >= 15 is 0 Å². The number of halogens is 6. The molecule has 8 heteroatoms. The van der Waals surface area contributed by atoms with Crippen molar-refractivity contribution in [2.24, 2.45) is 0 Å². The number of nitrogen functional groups attached to an aromatic ring is 1. The number of nitrogens with two attached hydrogens (primary N) is 1. The van der Waals surface area contributed by atoms with Crippen molar-refractivity contribution in [1.82, 2.24) is 0 Å². The van der Waals surface area contributed by atoms with Crippen LogP contribution in [-0.4, -0.2) is 0 Å². The highest BCUT2D eigenvalue weighted by molar-refractivity contribution is 7.99. The quantitative estimate of drug-likeness (QED) is 0.545. The first kappa shape index (κ1) is 20.3. The molecular formula is C12H9Cl6NS. The number of anilines is 1. The molecule has 0 bridgehead atoms. The molecule has 0 amide bonds. The first-order valence-corrected chi connectivity index (χ1v) is 7.17. The Kier molecular flexibility index (Phi) is 8.84. The summed E-state index contributed by atoms with van der Waals surface area (Å²) in [5.41, 5.74) is 6.12. The fourth-order valence-electron chi connectivity index (χ4n) is 1.30. The lowest BCUT2D eigenvalue weighted by Crippen LogP contribution is -1.87. The van der Waals surface area contributed by atoms with Crippen molar-refractivity contribution < 1.29 is 0 Å². The highest BCUT2D eigenvalue weighted by atomic mass is 35.5. The summed E-state index contributed by atoms with van der Waals surface area (Å²) in [6.45, 7) is 0. The summed E-state index contributed by atoms with van der Waals surface area (Å²) in [5.74, 6) is 0. The predicted octanol–water partition coefficient (Wildman–Crippen LogP) is 6.88. The maximum absolute atomic E-state index is 6.11. The molecule has 0 radical (unpaired) electrons. The maximum atomic E-state index is 6.11. The second kappa shape index (κ2) is 8.70. The van der Waals surface area contributed by atoms with Crippen molar-refractivity contribution in [3.05, 3.63) is 50.4 Å². The lowest BCUT2D eigenvalue weighted by molar-refractivity contribution is 1.41. The van der Waals surface area contributed by atoms with Crippen LogP contribution >= 0.6 is 83.0 Å². The number of rotatable bonds is 2. The third kappa shape index (κ3) is 4.96. The molecule has 0 aliphatic heterocycles. The Labute approximate surface area is 153 Å². The van der Waals surface area contributed by atoms with Crippen molar-refractivity contribution in [1.29, 1.82) is 0 Å². The standard InChI is InChI=1S/C12H7Cl4NS.2ClH/c13-6-1-2-11(8(15)3-6)18-12-5-7(14)10(17)4-9(12)16;;/h1-5H,17H2;2*1H. The van der Waals surface area contributed by atoms with Crippen LogP contribution in [0.3, 0.4) is 0 Å². The summed E-state index contributed by atoms with van der Waals surface area (Å²) in [6.07, 6.45) is 0. The van der Waals surface area contributed by atoms with Gasteiger partial charge in [0.2, 0.25) is 0 Å². The molecule has 0 atom stereocenters. The van der Waals surface area contributed by atoms with Crippen LogP contribution in [0.1, 0.15) is 0 Å². The van der Waals surface area contributed by atoms with Gasteiger partial charge in [0, 0.05) is 14.8 Å². The smallest absolute Gasteiger partial charge is 0.0647 e. The molecule has 0 unspecified atom stereocenters. The lowest BCUT2D eigenvalue weighted by Gasteiger charge is -2.08. The molecule has 0 fully saturated rings. The van der Waals surface area contributed by atoms with E-state index in [2.05, 4.69) is 0 Å². The molecule has 2 aromatic rings. The Morgan fingerprint density at radius 1 is 0.750 bits per heavy atom. The van der Waals surface area contributed by atoms with E-state index in [4.69, 9.17) is 52.1 Å². The number of hydrogen-bond acceptors (Lipinski definition) is 2. The summed E-state index contributed by atoms with van der Waals surface area (Å²) in [5, 5.41) is 2.15. The molecule has 2 N–H and O–H groups in total. The maximum Gasteiger partial charge on any atom is 0.0647 e. The molecule has 0 aliphatic carbocycles. The monoisotopic (exact) mass is 409 g/mol. The van der Waals surface area contributed by atoms with Crippen LogP contribution in [0.4, 0.5) is 5.69 Å². The van der Waals surface area contributed by atoms with E-state index in [1.807, 2.05) is 6.07 Å². The predicted molar refractivity (Wildman–Crippen MR) is 96.0 cm³/mol. The largest absolute Gasteiger partial charge is 0.397 e. The molecule has 0 saturated heterocycles. The zero-order valence-corrected chi connectivity index (χ0v) is 15.2. The van der Waals surface area contributed by atoms with Crippen LogP contribution in [0.25, 0.3) is 0 Å². The Morgan fingerprint density at radius 2 is 1.35 bits per heavy atom. The molecule has 2 aromatic carbocycles. The third-order valence-corrected chi connectivity index (χ3v) is 4.71. The fraction of sp³-hybridized carbons (Fsp3) is 0. The van der Waals surface area contributed by atoms with E-state index in [1.54, 1.807) is 24.3 Å². The zero-order chi connectivity index (χ0) is 13.3. The minimum atomic E-state index is 0. The fourth-order valence-corrected chi connectivity index (χ4v) is 3.20. The van der Waals surface area contributed by atoms with Crippen molar-refractivity contribution in [3.8, 4) is 0 Å². The van der Waals surface area contributed by atoms with Gasteiger partial charge in [0.05, 0.1) is 20.8 Å². The highest BCUT2D eigenvalue weighted by Crippen LogP contribution is 2.40. The average molecular weight is 412 g/mol. The van der Waals surface area contributed by atoms with Gasteiger partial charge in [-0.1, -0.05) is 58.2 Å². The molecular weight excluding hydrogens is 403 g/mol. The molecule has 1 nitrogen and oxygen atoms in total. The zero-order valence-electron chi connectivity index (χ0n) is 9.70. The first-order valence-electron chi connectivity index (χ1n) is 4.85. The van der Waals surface area contributed by atoms with E-state index in [-0.39, 0.29) is 24.8 Å². The molecule has 2 rings (SSSR count). The van der Waals surface area contributed by atoms with Gasteiger partial charge in [-0.3, -0.25) is 0 Å². The van der Waals surface area contributed by atoms with Gasteiger partial charge in [-0.2, -0.15) is 0 Å². The second-order valence-corrected chi connectivity index (χ2v) is 6.22. The van der Waals surface area contributed by atoms with E-state index in [0.29, 0.717) is 25.8 Å². The van der Waals surface area contributed by atoms with Crippen molar-refractivity contribution in [2.75, 3.05) is 5.73 Å². The molecule has 20 heavy (non-hydrogen) atoms. The van der Waals surface area contributed by atoms with E-state index in [1.165, 1.54) is 11.8 Å². The molecule has 0 aromatic heterocycles. The van der Waals surface area contributed by atoms with Gasteiger partial charge in [0.1, 0.15) is 0 Å². The van der Waals surface area contributed by atoms with Gasteiger partial charge in [0.25, 0.3) is 0 Å². The summed E-state index contributed by atoms with van der Waals surface area (Å²) >= 11 is 25.4. The van der Waals surface area contributed by atoms with Crippen molar-refractivity contribution in [2.45, 2.75) is 9.79 Å². The normalized spacial score (nSPS) is 9.60. The van der Waals surface area contributed by atoms with Gasteiger partial charge in [-0.05, 0) is 30.3 Å². The summed E-state index contributed by atoms with van der Waals surface area (Å²) < 4.78 is 0. The molecule has 0 spiro atoms. The van der Waals surface area contributed by atoms with Gasteiger partial charge in [-0.25, -0.2) is 0 Å². The Balaban J connectivity index is 0.00000180. The van der Waals surface area contributed by atoms with Gasteiger partial charge in [0.15, 0.2) is 0 Å². The van der Waals surface area contributed by atoms with E-state index in [0.717, 1.165) is 9.79 Å². The van der Waals surface area contributed by atoms with Crippen LogP contribution in [0.5, 0.6) is 0 Å². The minimum absolute atomic E-state index is 0. The molecule has 0 heterocycles. The highest BCUT2D eigenvalue weighted by Gasteiger charge is 2.09. The van der Waals surface area contributed by atoms with E-state index in [9.17, 15) is 0 Å². The first-order chi connectivity index (χ1) is 8.47. The van der Waals surface area contributed by atoms with Crippen LogP contribution in [0, 0.1) is 0 Å². The summed E-state index contributed by atoms with van der Waals surface area (Å²) in [6, 6.07) is 8.61. The van der Waals surface area contributed by atoms with Crippen LogP contribution < -0.4 is 5.73 Å². The minimum Gasteiger partial charge on any atom is -0.397 e. The van der Waals surface area contributed by atoms with Gasteiger partial charge in [-0.15, -0.1) is 24.8 Å². The molecule has 0 aliphatic rings. The second-order valence-electron chi connectivity index (χ2n) is 3.48. The number of hydrogen-bond donors (Lipinski definition) is 1. The average Bonchev–Trinajstić information content (AvgIpc) is 2.29. The Hall–Kier alpha value is 0.330. The SMILES string of the molecule is Cl.Cl.Nc1cc(Cl)c(Sc2ccc(Cl)cc2Cl)cc1Cl. The lowest BCUT2D eigenvalue weighted by atomic mass is 10.3. The Morgan fingerprint density at radius 3 is 1.95 bits per heavy atom. The van der Waals surface area contributed by atoms with Crippen LogP contribution in [-0.2, 0) is 0 Å². The molecule has 110 valence electrons. The van der Waals surface area contributed by atoms with Crippen molar-refractivity contribution in [3.63, 3.8) is 0 Å². The summed E-state index contributed by atoms with van der Waals surface area (Å²) in [4.78, 5) is 1.64. The molecule has 0 saturated carbocycles. The third-order valence-electron chi connectivity index (χ3n) is 2.17. The van der Waals surface area contributed by atoms with Crippen LogP contribution in [0.2, 0.25) is 20.1 Å². The van der Waals surface area contributed by atoms with Gasteiger partial charge < -0.3 is 5.73 Å². The van der Waals surface area contributed by atoms with Gasteiger partial charge >= 0.3 is 0 Å². The summed E-state index contributed by atoms with van der Waals surface area (Å²) in [7, 11) is 0.